The molecule has 2 N–H and O–H groups in total. The molecule has 4 unspecified atom stereocenters. The van der Waals surface area contributed by atoms with Gasteiger partial charge in [0.2, 0.25) is 5.91 Å². The fourth-order valence-corrected chi connectivity index (χ4v) is 4.39. The average Bonchev–Trinajstić information content (AvgIpc) is 3.10. The Hall–Kier alpha value is -1.32. The van der Waals surface area contributed by atoms with Crippen LogP contribution >= 0.6 is 0 Å². The Morgan fingerprint density at radius 3 is 2.50 bits per heavy atom. The first-order chi connectivity index (χ1) is 9.58. The molecular weight excluding hydrogens is 254 g/mol. The summed E-state index contributed by atoms with van der Waals surface area (Å²) < 4.78 is 0. The molecule has 0 aromatic carbocycles. The van der Waals surface area contributed by atoms with E-state index in [4.69, 9.17) is 0 Å². The van der Waals surface area contributed by atoms with Gasteiger partial charge in [-0.05, 0) is 36.5 Å². The second kappa shape index (κ2) is 5.23. The molecule has 20 heavy (non-hydrogen) atoms. The van der Waals surface area contributed by atoms with Crippen molar-refractivity contribution in [3.05, 3.63) is 12.2 Å². The number of hydrogen-bond donors (Lipinski definition) is 2. The van der Waals surface area contributed by atoms with Crippen molar-refractivity contribution in [2.45, 2.75) is 32.6 Å². The Labute approximate surface area is 119 Å². The number of nitrogens with one attached hydrogen (secondary N) is 1. The predicted octanol–water partition coefficient (Wildman–Crippen LogP) is 2.06. The van der Waals surface area contributed by atoms with Crippen LogP contribution in [0.3, 0.4) is 0 Å². The summed E-state index contributed by atoms with van der Waals surface area (Å²) in [6.45, 7) is 2.95. The van der Waals surface area contributed by atoms with Crippen molar-refractivity contribution in [3.8, 4) is 0 Å². The molecule has 2 fully saturated rings. The number of hydrogen-bond acceptors (Lipinski definition) is 2. The molecule has 3 rings (SSSR count). The Morgan fingerprint density at radius 2 is 1.90 bits per heavy atom. The van der Waals surface area contributed by atoms with Crippen LogP contribution in [0.15, 0.2) is 12.2 Å². The minimum atomic E-state index is -0.823. The van der Waals surface area contributed by atoms with Crippen LogP contribution in [0.5, 0.6) is 0 Å². The van der Waals surface area contributed by atoms with Crippen molar-refractivity contribution >= 4 is 11.9 Å². The summed E-state index contributed by atoms with van der Waals surface area (Å²) in [5, 5.41) is 12.4. The maximum atomic E-state index is 12.4. The quantitative estimate of drug-likeness (QED) is 0.773. The van der Waals surface area contributed by atoms with Gasteiger partial charge in [-0.2, -0.15) is 0 Å². The van der Waals surface area contributed by atoms with E-state index in [1.165, 1.54) is 19.3 Å². The topological polar surface area (TPSA) is 66.4 Å². The van der Waals surface area contributed by atoms with Gasteiger partial charge in [0.1, 0.15) is 0 Å². The maximum absolute atomic E-state index is 12.4. The summed E-state index contributed by atoms with van der Waals surface area (Å²) in [4.78, 5) is 23.8. The number of rotatable bonds is 4. The second-order valence-corrected chi connectivity index (χ2v) is 6.75. The molecule has 3 aliphatic rings. The number of carbonyl (C=O) groups is 2. The first kappa shape index (κ1) is 13.7. The van der Waals surface area contributed by atoms with Crippen molar-refractivity contribution in [1.29, 1.82) is 0 Å². The predicted molar refractivity (Wildman–Crippen MR) is 74.9 cm³/mol. The van der Waals surface area contributed by atoms with Crippen LogP contribution in [0.25, 0.3) is 0 Å². The molecule has 0 aromatic rings. The molecule has 0 aliphatic heterocycles. The Bertz CT molecular complexity index is 445. The fraction of sp³-hybridized carbons (Fsp3) is 0.750. The molecule has 0 spiro atoms. The van der Waals surface area contributed by atoms with Crippen LogP contribution in [0.2, 0.25) is 0 Å². The second-order valence-electron chi connectivity index (χ2n) is 6.75. The molecule has 2 saturated carbocycles. The van der Waals surface area contributed by atoms with Gasteiger partial charge >= 0.3 is 5.97 Å². The van der Waals surface area contributed by atoms with Crippen LogP contribution in [0, 0.1) is 35.5 Å². The van der Waals surface area contributed by atoms with Crippen LogP contribution in [-0.2, 0) is 9.59 Å². The standard InChI is InChI=1S/C16H23NO3/c1-9-3-2-4-12(9)8-17-15(18)13-10-5-6-11(7-10)14(13)16(19)20/h5-6,9-14H,2-4,7-8H2,1H3,(H,17,18)(H,19,20)/t9?,10?,11?,12?,13-,14+/m0/s1. The molecule has 0 aromatic heterocycles. The van der Waals surface area contributed by atoms with Gasteiger partial charge in [-0.3, -0.25) is 9.59 Å². The molecule has 6 atom stereocenters. The summed E-state index contributed by atoms with van der Waals surface area (Å²) in [6.07, 6.45) is 8.51. The molecule has 1 amide bonds. The van der Waals surface area contributed by atoms with E-state index in [1.807, 2.05) is 12.2 Å². The minimum absolute atomic E-state index is 0.0478. The summed E-state index contributed by atoms with van der Waals surface area (Å²) in [5.41, 5.74) is 0. The number of carboxylic acid groups (broad SMARTS) is 1. The summed E-state index contributed by atoms with van der Waals surface area (Å²) >= 11 is 0. The highest BCUT2D eigenvalue weighted by molar-refractivity contribution is 5.86. The molecule has 4 heteroatoms. The van der Waals surface area contributed by atoms with Gasteiger partial charge in [0.05, 0.1) is 11.8 Å². The van der Waals surface area contributed by atoms with Crippen LogP contribution in [-0.4, -0.2) is 23.5 Å². The highest BCUT2D eigenvalue weighted by Gasteiger charge is 2.51. The lowest BCUT2D eigenvalue weighted by atomic mass is 9.82. The third kappa shape index (κ3) is 2.25. The number of carboxylic acids is 1. The summed E-state index contributed by atoms with van der Waals surface area (Å²) in [6, 6.07) is 0. The lowest BCUT2D eigenvalue weighted by Crippen LogP contribution is -2.42. The first-order valence-corrected chi connectivity index (χ1v) is 7.76. The van der Waals surface area contributed by atoms with E-state index < -0.39 is 11.9 Å². The smallest absolute Gasteiger partial charge is 0.307 e. The van der Waals surface area contributed by atoms with Gasteiger partial charge in [-0.1, -0.05) is 31.9 Å². The zero-order valence-electron chi connectivity index (χ0n) is 11.9. The monoisotopic (exact) mass is 277 g/mol. The van der Waals surface area contributed by atoms with Gasteiger partial charge in [0.25, 0.3) is 0 Å². The molecule has 110 valence electrons. The average molecular weight is 277 g/mol. The Kier molecular flexibility index (Phi) is 3.57. The maximum Gasteiger partial charge on any atom is 0.307 e. The third-order valence-corrected chi connectivity index (χ3v) is 5.62. The first-order valence-electron chi connectivity index (χ1n) is 7.76. The van der Waals surface area contributed by atoms with Crippen LogP contribution in [0.1, 0.15) is 32.6 Å². The molecule has 3 aliphatic carbocycles. The lowest BCUT2D eigenvalue weighted by molar-refractivity contribution is -0.147. The zero-order valence-corrected chi connectivity index (χ0v) is 11.9. The largest absolute Gasteiger partial charge is 0.481 e. The molecule has 0 saturated heterocycles. The van der Waals surface area contributed by atoms with Gasteiger partial charge < -0.3 is 10.4 Å². The minimum Gasteiger partial charge on any atom is -0.481 e. The van der Waals surface area contributed by atoms with E-state index in [1.54, 1.807) is 0 Å². The van der Waals surface area contributed by atoms with E-state index in [2.05, 4.69) is 12.2 Å². The number of aliphatic carboxylic acids is 1. The fourth-order valence-electron chi connectivity index (χ4n) is 4.39. The van der Waals surface area contributed by atoms with Crippen molar-refractivity contribution in [2.24, 2.45) is 35.5 Å². The summed E-state index contributed by atoms with van der Waals surface area (Å²) in [5.74, 6) is -0.336. The zero-order chi connectivity index (χ0) is 14.3. The number of carbonyl (C=O) groups excluding carboxylic acids is 1. The van der Waals surface area contributed by atoms with Gasteiger partial charge in [-0.15, -0.1) is 0 Å². The van der Waals surface area contributed by atoms with Crippen molar-refractivity contribution in [3.63, 3.8) is 0 Å². The number of amides is 1. The molecule has 0 radical (unpaired) electrons. The van der Waals surface area contributed by atoms with Crippen molar-refractivity contribution < 1.29 is 14.7 Å². The lowest BCUT2D eigenvalue weighted by Gasteiger charge is -2.25. The number of fused-ring (bicyclic) bond motifs is 2. The SMILES string of the molecule is CC1CCCC1CNC(=O)[C@H]1C2C=CC(C2)[C@H]1C(=O)O. The van der Waals surface area contributed by atoms with Gasteiger partial charge in [0, 0.05) is 6.54 Å². The van der Waals surface area contributed by atoms with Gasteiger partial charge in [-0.25, -0.2) is 0 Å². The van der Waals surface area contributed by atoms with Crippen LogP contribution < -0.4 is 5.32 Å². The normalized spacial score (nSPS) is 42.0. The molecular formula is C16H23NO3. The highest BCUT2D eigenvalue weighted by atomic mass is 16.4. The Morgan fingerprint density at radius 1 is 1.20 bits per heavy atom. The molecule has 0 heterocycles. The van der Waals surface area contributed by atoms with E-state index in [9.17, 15) is 14.7 Å². The van der Waals surface area contributed by atoms with E-state index >= 15 is 0 Å². The molecule has 4 nitrogen and oxygen atoms in total. The highest BCUT2D eigenvalue weighted by Crippen LogP contribution is 2.48. The number of allylic oxidation sites excluding steroid dienone is 2. The Balaban J connectivity index is 1.61. The summed E-state index contributed by atoms with van der Waals surface area (Å²) in [7, 11) is 0. The van der Waals surface area contributed by atoms with E-state index in [0.29, 0.717) is 18.4 Å². The molecule has 2 bridgehead atoms. The van der Waals surface area contributed by atoms with Crippen molar-refractivity contribution in [2.75, 3.05) is 6.54 Å². The third-order valence-electron chi connectivity index (χ3n) is 5.62. The van der Waals surface area contributed by atoms with E-state index in [-0.39, 0.29) is 23.7 Å². The van der Waals surface area contributed by atoms with Crippen molar-refractivity contribution in [1.82, 2.24) is 5.32 Å². The van der Waals surface area contributed by atoms with Crippen LogP contribution in [0.4, 0.5) is 0 Å². The van der Waals surface area contributed by atoms with Gasteiger partial charge in [0.15, 0.2) is 0 Å². The van der Waals surface area contributed by atoms with E-state index in [0.717, 1.165) is 6.42 Å².